The van der Waals surface area contributed by atoms with Gasteiger partial charge in [-0.25, -0.2) is 4.79 Å². The molecule has 1 aliphatic rings. The number of rotatable bonds is 3. The number of carbonyl (C=O) groups is 2. The van der Waals surface area contributed by atoms with Crippen LogP contribution in [0.15, 0.2) is 48.5 Å². The molecule has 2 aromatic rings. The molecule has 0 radical (unpaired) electrons. The zero-order valence-corrected chi connectivity index (χ0v) is 15.7. The quantitative estimate of drug-likeness (QED) is 0.889. The normalized spacial score (nSPS) is 17.3. The summed E-state index contributed by atoms with van der Waals surface area (Å²) < 4.78 is 0. The number of hydrogen-bond acceptors (Lipinski definition) is 2. The molecule has 1 aliphatic heterocycles. The van der Waals surface area contributed by atoms with Gasteiger partial charge in [0.15, 0.2) is 0 Å². The van der Waals surface area contributed by atoms with Crippen molar-refractivity contribution in [2.75, 3.05) is 18.4 Å². The molecule has 26 heavy (non-hydrogen) atoms. The molecule has 0 unspecified atom stereocenters. The van der Waals surface area contributed by atoms with Crippen molar-refractivity contribution in [2.45, 2.75) is 26.4 Å². The predicted octanol–water partition coefficient (Wildman–Crippen LogP) is 3.91. The molecule has 0 bridgehead atoms. The number of anilines is 1. The van der Waals surface area contributed by atoms with Crippen LogP contribution in [0.25, 0.3) is 0 Å². The van der Waals surface area contributed by atoms with E-state index in [0.29, 0.717) is 30.3 Å². The number of hydrogen-bond donors (Lipinski definition) is 1. The largest absolute Gasteiger partial charge is 0.335 e. The van der Waals surface area contributed by atoms with Crippen LogP contribution in [0.1, 0.15) is 18.1 Å². The summed E-state index contributed by atoms with van der Waals surface area (Å²) in [6, 6.07) is 14.5. The molecule has 1 atom stereocenters. The number of carbonyl (C=O) groups excluding carboxylic acids is 2. The van der Waals surface area contributed by atoms with E-state index in [4.69, 9.17) is 11.6 Å². The maximum Gasteiger partial charge on any atom is 0.322 e. The van der Waals surface area contributed by atoms with E-state index in [1.54, 1.807) is 22.8 Å². The molecule has 1 saturated heterocycles. The van der Waals surface area contributed by atoms with Gasteiger partial charge in [-0.05, 0) is 31.0 Å². The van der Waals surface area contributed by atoms with Crippen LogP contribution in [-0.2, 0) is 11.3 Å². The summed E-state index contributed by atoms with van der Waals surface area (Å²) in [6.07, 6.45) is 0. The fraction of sp³-hybridized carbons (Fsp3) is 0.300. The summed E-state index contributed by atoms with van der Waals surface area (Å²) in [5.41, 5.74) is 2.55. The summed E-state index contributed by atoms with van der Waals surface area (Å²) in [7, 11) is 0. The van der Waals surface area contributed by atoms with Crippen molar-refractivity contribution < 1.29 is 9.59 Å². The number of nitrogens with zero attached hydrogens (tertiary/aromatic N) is 2. The zero-order valence-electron chi connectivity index (χ0n) is 14.9. The Balaban J connectivity index is 1.67. The van der Waals surface area contributed by atoms with Crippen LogP contribution >= 0.6 is 11.6 Å². The van der Waals surface area contributed by atoms with Gasteiger partial charge in [-0.2, -0.15) is 0 Å². The van der Waals surface area contributed by atoms with Crippen molar-refractivity contribution >= 4 is 29.2 Å². The van der Waals surface area contributed by atoms with Gasteiger partial charge in [-0.15, -0.1) is 0 Å². The minimum Gasteiger partial charge on any atom is -0.335 e. The van der Waals surface area contributed by atoms with Crippen molar-refractivity contribution in [1.82, 2.24) is 9.80 Å². The second kappa shape index (κ2) is 7.79. The Bertz CT molecular complexity index is 790. The van der Waals surface area contributed by atoms with E-state index in [0.717, 1.165) is 11.1 Å². The van der Waals surface area contributed by atoms with Crippen molar-refractivity contribution in [1.29, 1.82) is 0 Å². The SMILES string of the molecule is Cc1cccc(Cl)c1NC(=O)N1CCN(Cc2ccccc2)C(=O)[C@@H]1C. The number of piperazine rings is 1. The predicted molar refractivity (Wildman–Crippen MR) is 103 cm³/mol. The molecule has 5 nitrogen and oxygen atoms in total. The van der Waals surface area contributed by atoms with Gasteiger partial charge in [-0.3, -0.25) is 4.79 Å². The molecule has 1 N–H and O–H groups in total. The summed E-state index contributed by atoms with van der Waals surface area (Å²) in [5, 5.41) is 3.33. The topological polar surface area (TPSA) is 52.7 Å². The van der Waals surface area contributed by atoms with Gasteiger partial charge >= 0.3 is 6.03 Å². The van der Waals surface area contributed by atoms with Crippen molar-refractivity contribution in [3.8, 4) is 0 Å². The number of para-hydroxylation sites is 1. The number of halogens is 1. The van der Waals surface area contributed by atoms with Gasteiger partial charge in [0.2, 0.25) is 5.91 Å². The Morgan fingerprint density at radius 2 is 1.88 bits per heavy atom. The van der Waals surface area contributed by atoms with E-state index >= 15 is 0 Å². The van der Waals surface area contributed by atoms with Gasteiger partial charge in [0.1, 0.15) is 6.04 Å². The highest BCUT2D eigenvalue weighted by atomic mass is 35.5. The van der Waals surface area contributed by atoms with Crippen LogP contribution in [0.2, 0.25) is 5.02 Å². The van der Waals surface area contributed by atoms with Crippen LogP contribution in [0.3, 0.4) is 0 Å². The third-order valence-corrected chi connectivity index (χ3v) is 4.99. The van der Waals surface area contributed by atoms with E-state index in [1.807, 2.05) is 49.4 Å². The first-order valence-corrected chi connectivity index (χ1v) is 9.00. The van der Waals surface area contributed by atoms with Gasteiger partial charge in [0, 0.05) is 19.6 Å². The lowest BCUT2D eigenvalue weighted by molar-refractivity contribution is -0.139. The lowest BCUT2D eigenvalue weighted by Crippen LogP contribution is -2.58. The maximum atomic E-state index is 12.7. The van der Waals surface area contributed by atoms with Crippen LogP contribution in [0, 0.1) is 6.92 Å². The Kier molecular flexibility index (Phi) is 5.47. The molecule has 0 aromatic heterocycles. The Hall–Kier alpha value is -2.53. The van der Waals surface area contributed by atoms with Gasteiger partial charge < -0.3 is 15.1 Å². The summed E-state index contributed by atoms with van der Waals surface area (Å²) in [6.45, 7) is 5.19. The average Bonchev–Trinajstić information content (AvgIpc) is 2.63. The van der Waals surface area contributed by atoms with Crippen molar-refractivity contribution in [3.05, 3.63) is 64.7 Å². The molecule has 3 rings (SSSR count). The molecular weight excluding hydrogens is 350 g/mol. The molecule has 0 spiro atoms. The van der Waals surface area contributed by atoms with Gasteiger partial charge in [0.25, 0.3) is 0 Å². The van der Waals surface area contributed by atoms with E-state index in [9.17, 15) is 9.59 Å². The molecule has 6 heteroatoms. The first-order chi connectivity index (χ1) is 12.5. The fourth-order valence-corrected chi connectivity index (χ4v) is 3.41. The van der Waals surface area contributed by atoms with E-state index in [-0.39, 0.29) is 11.9 Å². The van der Waals surface area contributed by atoms with Crippen LogP contribution in [0.5, 0.6) is 0 Å². The number of nitrogens with one attached hydrogen (secondary N) is 1. The highest BCUT2D eigenvalue weighted by Crippen LogP contribution is 2.26. The fourth-order valence-electron chi connectivity index (χ4n) is 3.14. The molecule has 1 fully saturated rings. The zero-order chi connectivity index (χ0) is 18.7. The average molecular weight is 372 g/mol. The van der Waals surface area contributed by atoms with E-state index in [1.165, 1.54) is 0 Å². The standard InChI is InChI=1S/C20H22ClN3O2/c1-14-7-6-10-17(21)18(14)22-20(26)24-12-11-23(19(25)15(24)2)13-16-8-4-3-5-9-16/h3-10,15H,11-13H2,1-2H3,(H,22,26)/t15-/m0/s1. The third-order valence-electron chi connectivity index (χ3n) is 4.68. The Morgan fingerprint density at radius 1 is 1.15 bits per heavy atom. The minimum atomic E-state index is -0.518. The molecule has 136 valence electrons. The Labute approximate surface area is 158 Å². The first kappa shape index (κ1) is 18.3. The third kappa shape index (κ3) is 3.83. The van der Waals surface area contributed by atoms with Crippen molar-refractivity contribution in [3.63, 3.8) is 0 Å². The highest BCUT2D eigenvalue weighted by Gasteiger charge is 2.34. The summed E-state index contributed by atoms with van der Waals surface area (Å²) in [5.74, 6) is -0.0499. The number of benzene rings is 2. The van der Waals surface area contributed by atoms with Crippen LogP contribution in [0.4, 0.5) is 10.5 Å². The summed E-state index contributed by atoms with van der Waals surface area (Å²) >= 11 is 6.18. The summed E-state index contributed by atoms with van der Waals surface area (Å²) in [4.78, 5) is 28.7. The molecule has 0 saturated carbocycles. The number of urea groups is 1. The highest BCUT2D eigenvalue weighted by molar-refractivity contribution is 6.33. The van der Waals surface area contributed by atoms with E-state index < -0.39 is 6.04 Å². The first-order valence-electron chi connectivity index (χ1n) is 8.63. The lowest BCUT2D eigenvalue weighted by atomic mass is 10.1. The second-order valence-electron chi connectivity index (χ2n) is 6.48. The molecule has 2 aromatic carbocycles. The van der Waals surface area contributed by atoms with E-state index in [2.05, 4.69) is 5.32 Å². The number of aryl methyl sites for hydroxylation is 1. The van der Waals surface area contributed by atoms with Crippen molar-refractivity contribution in [2.24, 2.45) is 0 Å². The smallest absolute Gasteiger partial charge is 0.322 e. The second-order valence-corrected chi connectivity index (χ2v) is 6.88. The molecule has 1 heterocycles. The lowest BCUT2D eigenvalue weighted by Gasteiger charge is -2.39. The molecular formula is C20H22ClN3O2. The monoisotopic (exact) mass is 371 g/mol. The van der Waals surface area contributed by atoms with Gasteiger partial charge in [-0.1, -0.05) is 54.1 Å². The Morgan fingerprint density at radius 3 is 2.58 bits per heavy atom. The minimum absolute atomic E-state index is 0.0499. The molecule has 3 amide bonds. The number of amides is 3. The van der Waals surface area contributed by atoms with Crippen LogP contribution in [-0.4, -0.2) is 40.9 Å². The van der Waals surface area contributed by atoms with Crippen LogP contribution < -0.4 is 5.32 Å². The van der Waals surface area contributed by atoms with Gasteiger partial charge in [0.05, 0.1) is 10.7 Å². The molecule has 0 aliphatic carbocycles. The maximum absolute atomic E-state index is 12.7.